The number of hydrogen-bond donors (Lipinski definition) is 1. The van der Waals surface area contributed by atoms with Crippen molar-refractivity contribution in [2.45, 2.75) is 6.10 Å². The van der Waals surface area contributed by atoms with Gasteiger partial charge in [0.05, 0.1) is 7.11 Å². The van der Waals surface area contributed by atoms with Gasteiger partial charge in [0.15, 0.2) is 6.10 Å². The third-order valence-electron chi connectivity index (χ3n) is 1.62. The fraction of sp³-hybridized carbons (Fsp3) is 0.222. The van der Waals surface area contributed by atoms with E-state index in [1.54, 1.807) is 0 Å². The van der Waals surface area contributed by atoms with Gasteiger partial charge < -0.3 is 9.84 Å². The largest absolute Gasteiger partial charge is 0.467 e. The van der Waals surface area contributed by atoms with Gasteiger partial charge in [0, 0.05) is 5.56 Å². The van der Waals surface area contributed by atoms with Crippen molar-refractivity contribution in [3.63, 3.8) is 0 Å². The molecule has 0 saturated carbocycles. The van der Waals surface area contributed by atoms with Crippen molar-refractivity contribution in [1.29, 1.82) is 0 Å². The molecule has 1 aromatic rings. The molecule has 1 aromatic carbocycles. The van der Waals surface area contributed by atoms with E-state index in [0.29, 0.717) is 0 Å². The van der Waals surface area contributed by atoms with Crippen LogP contribution in [-0.2, 0) is 9.53 Å². The van der Waals surface area contributed by atoms with Crippen molar-refractivity contribution in [3.05, 3.63) is 35.6 Å². The summed E-state index contributed by atoms with van der Waals surface area (Å²) in [5.74, 6) is -1.49. The monoisotopic (exact) mass is 184 g/mol. The predicted octanol–water partition coefficient (Wildman–Crippen LogP) is 1.03. The molecule has 0 fully saturated rings. The maximum absolute atomic E-state index is 13.0. The van der Waals surface area contributed by atoms with Gasteiger partial charge in [-0.25, -0.2) is 9.18 Å². The van der Waals surface area contributed by atoms with E-state index in [-0.39, 0.29) is 5.56 Å². The predicted molar refractivity (Wildman–Crippen MR) is 43.4 cm³/mol. The maximum atomic E-state index is 13.0. The highest BCUT2D eigenvalue weighted by Gasteiger charge is 2.20. The number of rotatable bonds is 2. The minimum absolute atomic E-state index is 0.0747. The molecule has 0 aromatic heterocycles. The maximum Gasteiger partial charge on any atom is 0.339 e. The van der Waals surface area contributed by atoms with E-state index in [0.717, 1.165) is 7.11 Å². The van der Waals surface area contributed by atoms with Crippen LogP contribution < -0.4 is 0 Å². The van der Waals surface area contributed by atoms with Gasteiger partial charge in [-0.05, 0) is 6.07 Å². The normalized spacial score (nSPS) is 12.2. The van der Waals surface area contributed by atoms with Crippen LogP contribution >= 0.6 is 0 Å². The van der Waals surface area contributed by atoms with Gasteiger partial charge in [-0.1, -0.05) is 18.2 Å². The van der Waals surface area contributed by atoms with Gasteiger partial charge >= 0.3 is 5.97 Å². The molecule has 0 spiro atoms. The van der Waals surface area contributed by atoms with Crippen LogP contribution in [0.4, 0.5) is 4.39 Å². The highest BCUT2D eigenvalue weighted by atomic mass is 19.1. The second-order valence-electron chi connectivity index (χ2n) is 2.45. The minimum Gasteiger partial charge on any atom is -0.467 e. The fourth-order valence-electron chi connectivity index (χ4n) is 0.935. The third kappa shape index (κ3) is 2.03. The van der Waals surface area contributed by atoms with Crippen LogP contribution in [0.3, 0.4) is 0 Å². The molecule has 70 valence electrons. The smallest absolute Gasteiger partial charge is 0.339 e. The van der Waals surface area contributed by atoms with Crippen LogP contribution in [0.5, 0.6) is 0 Å². The Labute approximate surface area is 74.8 Å². The Morgan fingerprint density at radius 2 is 2.15 bits per heavy atom. The van der Waals surface area contributed by atoms with Crippen LogP contribution in [0.25, 0.3) is 0 Å². The van der Waals surface area contributed by atoms with Gasteiger partial charge in [-0.3, -0.25) is 0 Å². The average molecular weight is 184 g/mol. The first kappa shape index (κ1) is 9.67. The molecule has 0 aliphatic rings. The Balaban J connectivity index is 2.95. The highest BCUT2D eigenvalue weighted by molar-refractivity contribution is 5.76. The van der Waals surface area contributed by atoms with Crippen molar-refractivity contribution < 1.29 is 19.0 Å². The number of benzene rings is 1. The lowest BCUT2D eigenvalue weighted by molar-refractivity contribution is -0.150. The number of aliphatic hydroxyl groups excluding tert-OH is 1. The van der Waals surface area contributed by atoms with E-state index in [1.807, 2.05) is 0 Å². The number of aliphatic hydroxyl groups is 1. The summed E-state index contributed by atoms with van der Waals surface area (Å²) in [5, 5.41) is 9.26. The molecule has 0 aliphatic carbocycles. The zero-order chi connectivity index (χ0) is 9.84. The molecule has 0 amide bonds. The van der Waals surface area contributed by atoms with Crippen LogP contribution in [0.15, 0.2) is 24.3 Å². The number of halogens is 1. The lowest BCUT2D eigenvalue weighted by Crippen LogP contribution is -2.14. The molecule has 13 heavy (non-hydrogen) atoms. The summed E-state index contributed by atoms with van der Waals surface area (Å²) in [6, 6.07) is 5.51. The van der Waals surface area contributed by atoms with Gasteiger partial charge in [0.1, 0.15) is 5.82 Å². The zero-order valence-electron chi connectivity index (χ0n) is 7.03. The molecule has 0 bridgehead atoms. The van der Waals surface area contributed by atoms with E-state index >= 15 is 0 Å². The highest BCUT2D eigenvalue weighted by Crippen LogP contribution is 2.17. The first-order valence-electron chi connectivity index (χ1n) is 3.67. The summed E-state index contributed by atoms with van der Waals surface area (Å²) in [6.07, 6.45) is -1.55. The van der Waals surface area contributed by atoms with Crippen molar-refractivity contribution in [1.82, 2.24) is 0 Å². The van der Waals surface area contributed by atoms with Gasteiger partial charge in [0.25, 0.3) is 0 Å². The Morgan fingerprint density at radius 1 is 1.54 bits per heavy atom. The van der Waals surface area contributed by atoms with Crippen molar-refractivity contribution >= 4 is 5.97 Å². The fourth-order valence-corrected chi connectivity index (χ4v) is 0.935. The number of methoxy groups -OCH3 is 1. The quantitative estimate of drug-likeness (QED) is 0.698. The second-order valence-corrected chi connectivity index (χ2v) is 2.45. The molecule has 0 aliphatic heterocycles. The lowest BCUT2D eigenvalue weighted by atomic mass is 10.1. The SMILES string of the molecule is COC(=O)[C@H](O)c1ccccc1F. The summed E-state index contributed by atoms with van der Waals surface area (Å²) >= 11 is 0. The van der Waals surface area contributed by atoms with E-state index in [9.17, 15) is 14.3 Å². The number of carbonyl (C=O) groups excluding carboxylic acids is 1. The van der Waals surface area contributed by atoms with Crippen LogP contribution in [0, 0.1) is 5.82 Å². The van der Waals surface area contributed by atoms with Gasteiger partial charge in [-0.15, -0.1) is 0 Å². The zero-order valence-corrected chi connectivity index (χ0v) is 7.03. The van der Waals surface area contributed by atoms with E-state index < -0.39 is 17.9 Å². The molecular weight excluding hydrogens is 175 g/mol. The molecule has 1 N–H and O–H groups in total. The molecular formula is C9H9FO3. The molecule has 1 atom stereocenters. The van der Waals surface area contributed by atoms with Crippen molar-refractivity contribution in [2.24, 2.45) is 0 Å². The Kier molecular flexibility index (Phi) is 2.97. The summed E-state index contributed by atoms with van der Waals surface area (Å²) in [7, 11) is 1.13. The van der Waals surface area contributed by atoms with Crippen LogP contribution in [0.1, 0.15) is 11.7 Å². The summed E-state index contributed by atoms with van der Waals surface area (Å²) in [6.45, 7) is 0. The van der Waals surface area contributed by atoms with Crippen LogP contribution in [0.2, 0.25) is 0 Å². The van der Waals surface area contributed by atoms with E-state index in [4.69, 9.17) is 0 Å². The standard InChI is InChI=1S/C9H9FO3/c1-13-9(12)8(11)6-4-2-3-5-7(6)10/h2-5,8,11H,1H3/t8-/m1/s1. The first-order valence-corrected chi connectivity index (χ1v) is 3.67. The number of hydrogen-bond acceptors (Lipinski definition) is 3. The molecule has 3 nitrogen and oxygen atoms in total. The molecule has 0 heterocycles. The summed E-state index contributed by atoms with van der Waals surface area (Å²) in [5.41, 5.74) is -0.0747. The van der Waals surface area contributed by atoms with E-state index in [1.165, 1.54) is 24.3 Å². The van der Waals surface area contributed by atoms with Gasteiger partial charge in [0.2, 0.25) is 0 Å². The lowest BCUT2D eigenvalue weighted by Gasteiger charge is -2.08. The van der Waals surface area contributed by atoms with Gasteiger partial charge in [-0.2, -0.15) is 0 Å². The molecule has 0 saturated heterocycles. The third-order valence-corrected chi connectivity index (χ3v) is 1.62. The second kappa shape index (κ2) is 4.00. The topological polar surface area (TPSA) is 46.5 Å². The molecule has 4 heteroatoms. The Morgan fingerprint density at radius 3 is 2.69 bits per heavy atom. The summed E-state index contributed by atoms with van der Waals surface area (Å²) in [4.78, 5) is 10.8. The average Bonchev–Trinajstić information content (AvgIpc) is 2.16. The molecule has 0 radical (unpaired) electrons. The van der Waals surface area contributed by atoms with E-state index in [2.05, 4.69) is 4.74 Å². The number of ether oxygens (including phenoxy) is 1. The Bertz CT molecular complexity index is 311. The summed E-state index contributed by atoms with van der Waals surface area (Å²) < 4.78 is 17.2. The Hall–Kier alpha value is -1.42. The van der Waals surface area contributed by atoms with Crippen molar-refractivity contribution in [3.8, 4) is 0 Å². The minimum atomic E-state index is -1.55. The molecule has 1 rings (SSSR count). The molecule has 0 unspecified atom stereocenters. The van der Waals surface area contributed by atoms with Crippen molar-refractivity contribution in [2.75, 3.05) is 7.11 Å². The number of carbonyl (C=O) groups is 1. The van der Waals surface area contributed by atoms with Crippen LogP contribution in [-0.4, -0.2) is 18.2 Å². The first-order chi connectivity index (χ1) is 6.16. The number of esters is 1.